The van der Waals surface area contributed by atoms with Crippen LogP contribution in [0, 0.1) is 10.1 Å². The third-order valence-electron chi connectivity index (χ3n) is 3.11. The number of ether oxygens (including phenoxy) is 1. The summed E-state index contributed by atoms with van der Waals surface area (Å²) in [7, 11) is 0. The molecule has 6 nitrogen and oxygen atoms in total. The van der Waals surface area contributed by atoms with Crippen molar-refractivity contribution in [2.45, 2.75) is 33.1 Å². The van der Waals surface area contributed by atoms with Crippen molar-refractivity contribution in [2.24, 2.45) is 0 Å². The van der Waals surface area contributed by atoms with Crippen LogP contribution in [0.1, 0.15) is 25.0 Å². The molecule has 0 saturated carbocycles. The van der Waals surface area contributed by atoms with E-state index in [4.69, 9.17) is 4.74 Å². The molecule has 22 heavy (non-hydrogen) atoms. The zero-order chi connectivity index (χ0) is 15.9. The predicted molar refractivity (Wildman–Crippen MR) is 84.6 cm³/mol. The molecule has 0 saturated heterocycles. The standard InChI is InChI=1S/C16H19N3O3/c1-12(2)22-11-14-6-4-3-5-13(14)9-17-16-8-7-15(10-18-16)19(20)21/h3-8,10,12H,9,11H2,1-2H3,(H,17,18). The highest BCUT2D eigenvalue weighted by Crippen LogP contribution is 2.15. The molecule has 0 spiro atoms. The molecule has 0 unspecified atom stereocenters. The molecule has 0 aliphatic carbocycles. The van der Waals surface area contributed by atoms with Gasteiger partial charge in [-0.15, -0.1) is 0 Å². The molecule has 2 aromatic rings. The molecule has 0 bridgehead atoms. The van der Waals surface area contributed by atoms with Gasteiger partial charge in [0.15, 0.2) is 0 Å². The Hall–Kier alpha value is -2.47. The SMILES string of the molecule is CC(C)OCc1ccccc1CNc1ccc([N+](=O)[O-])cn1. The van der Waals surface area contributed by atoms with Crippen LogP contribution in [-0.4, -0.2) is 16.0 Å². The second-order valence-electron chi connectivity index (χ2n) is 5.14. The topological polar surface area (TPSA) is 77.3 Å². The van der Waals surface area contributed by atoms with Gasteiger partial charge < -0.3 is 10.1 Å². The molecule has 1 N–H and O–H groups in total. The summed E-state index contributed by atoms with van der Waals surface area (Å²) >= 11 is 0. The van der Waals surface area contributed by atoms with Gasteiger partial charge in [0.05, 0.1) is 17.6 Å². The first-order valence-corrected chi connectivity index (χ1v) is 7.09. The maximum absolute atomic E-state index is 10.6. The predicted octanol–water partition coefficient (Wildman–Crippen LogP) is 3.53. The molecule has 0 atom stereocenters. The number of aromatic nitrogens is 1. The molecule has 6 heteroatoms. The number of rotatable bonds is 7. The second-order valence-corrected chi connectivity index (χ2v) is 5.14. The van der Waals surface area contributed by atoms with E-state index in [2.05, 4.69) is 10.3 Å². The summed E-state index contributed by atoms with van der Waals surface area (Å²) < 4.78 is 5.64. The van der Waals surface area contributed by atoms with Crippen LogP contribution in [0.15, 0.2) is 42.6 Å². The lowest BCUT2D eigenvalue weighted by Crippen LogP contribution is -2.07. The first-order chi connectivity index (χ1) is 10.6. The van der Waals surface area contributed by atoms with Crippen molar-refractivity contribution in [1.82, 2.24) is 4.98 Å². The molecule has 1 aromatic heterocycles. The van der Waals surface area contributed by atoms with Gasteiger partial charge in [0.1, 0.15) is 12.0 Å². The molecule has 1 aromatic carbocycles. The molecule has 2 rings (SSSR count). The van der Waals surface area contributed by atoms with Crippen LogP contribution >= 0.6 is 0 Å². The minimum atomic E-state index is -0.463. The smallest absolute Gasteiger partial charge is 0.287 e. The minimum absolute atomic E-state index is 0.0173. The highest BCUT2D eigenvalue weighted by molar-refractivity contribution is 5.41. The fraction of sp³-hybridized carbons (Fsp3) is 0.312. The number of hydrogen-bond donors (Lipinski definition) is 1. The van der Waals surface area contributed by atoms with Gasteiger partial charge in [0.25, 0.3) is 5.69 Å². The summed E-state index contributed by atoms with van der Waals surface area (Å²) in [5.41, 5.74) is 2.21. The fourth-order valence-electron chi connectivity index (χ4n) is 1.91. The van der Waals surface area contributed by atoms with E-state index in [9.17, 15) is 10.1 Å². The van der Waals surface area contributed by atoms with Crippen molar-refractivity contribution in [3.05, 3.63) is 63.8 Å². The van der Waals surface area contributed by atoms with E-state index in [1.165, 1.54) is 12.3 Å². The van der Waals surface area contributed by atoms with Crippen molar-refractivity contribution in [1.29, 1.82) is 0 Å². The summed E-state index contributed by atoms with van der Waals surface area (Å²) in [6.45, 7) is 5.15. The summed E-state index contributed by atoms with van der Waals surface area (Å²) in [4.78, 5) is 14.2. The monoisotopic (exact) mass is 301 g/mol. The van der Waals surface area contributed by atoms with Gasteiger partial charge in [0, 0.05) is 12.6 Å². The van der Waals surface area contributed by atoms with Crippen LogP contribution in [-0.2, 0) is 17.9 Å². The molecule has 0 amide bonds. The number of nitrogens with one attached hydrogen (secondary N) is 1. The van der Waals surface area contributed by atoms with Crippen LogP contribution in [0.3, 0.4) is 0 Å². The Morgan fingerprint density at radius 3 is 2.55 bits per heavy atom. The lowest BCUT2D eigenvalue weighted by molar-refractivity contribution is -0.385. The minimum Gasteiger partial charge on any atom is -0.374 e. The van der Waals surface area contributed by atoms with Gasteiger partial charge in [-0.3, -0.25) is 10.1 Å². The van der Waals surface area contributed by atoms with Crippen molar-refractivity contribution >= 4 is 11.5 Å². The lowest BCUT2D eigenvalue weighted by Gasteiger charge is -2.13. The Kier molecular flexibility index (Phi) is 5.43. The highest BCUT2D eigenvalue weighted by Gasteiger charge is 2.06. The van der Waals surface area contributed by atoms with Crippen molar-refractivity contribution in [3.63, 3.8) is 0 Å². The molecule has 0 radical (unpaired) electrons. The van der Waals surface area contributed by atoms with Crippen LogP contribution in [0.2, 0.25) is 0 Å². The lowest BCUT2D eigenvalue weighted by atomic mass is 10.1. The molecular weight excluding hydrogens is 282 g/mol. The molecular formula is C16H19N3O3. The first-order valence-electron chi connectivity index (χ1n) is 7.09. The van der Waals surface area contributed by atoms with Gasteiger partial charge in [-0.2, -0.15) is 0 Å². The van der Waals surface area contributed by atoms with E-state index < -0.39 is 4.92 Å². The van der Waals surface area contributed by atoms with Gasteiger partial charge >= 0.3 is 0 Å². The van der Waals surface area contributed by atoms with Gasteiger partial charge in [-0.1, -0.05) is 24.3 Å². The molecule has 116 valence electrons. The Morgan fingerprint density at radius 1 is 1.23 bits per heavy atom. The normalized spacial score (nSPS) is 10.7. The highest BCUT2D eigenvalue weighted by atomic mass is 16.6. The number of nitro groups is 1. The third-order valence-corrected chi connectivity index (χ3v) is 3.11. The van der Waals surface area contributed by atoms with E-state index >= 15 is 0 Å². The molecule has 0 aliphatic rings. The maximum Gasteiger partial charge on any atom is 0.287 e. The molecule has 0 fully saturated rings. The number of pyridine rings is 1. The number of benzene rings is 1. The molecule has 0 aliphatic heterocycles. The van der Waals surface area contributed by atoms with Crippen molar-refractivity contribution < 1.29 is 9.66 Å². The number of anilines is 1. The van der Waals surface area contributed by atoms with E-state index in [0.717, 1.165) is 11.1 Å². The van der Waals surface area contributed by atoms with Crippen molar-refractivity contribution in [2.75, 3.05) is 5.32 Å². The third kappa shape index (κ3) is 4.53. The Labute approximate surface area is 129 Å². The zero-order valence-electron chi connectivity index (χ0n) is 12.7. The summed E-state index contributed by atoms with van der Waals surface area (Å²) in [6, 6.07) is 11.0. The summed E-state index contributed by atoms with van der Waals surface area (Å²) in [5.74, 6) is 0.602. The first kappa shape index (κ1) is 15.9. The zero-order valence-corrected chi connectivity index (χ0v) is 12.7. The van der Waals surface area contributed by atoms with Crippen LogP contribution in [0.25, 0.3) is 0 Å². The Morgan fingerprint density at radius 2 is 1.95 bits per heavy atom. The second kappa shape index (κ2) is 7.51. The summed E-state index contributed by atoms with van der Waals surface area (Å²) in [5, 5.41) is 13.8. The van der Waals surface area contributed by atoms with E-state index in [-0.39, 0.29) is 11.8 Å². The van der Waals surface area contributed by atoms with Crippen LogP contribution in [0.5, 0.6) is 0 Å². The Bertz CT molecular complexity index is 627. The average Bonchev–Trinajstić information content (AvgIpc) is 2.52. The molecule has 1 heterocycles. The fourth-order valence-corrected chi connectivity index (χ4v) is 1.91. The van der Waals surface area contributed by atoms with Gasteiger partial charge in [-0.25, -0.2) is 4.98 Å². The number of nitrogens with zero attached hydrogens (tertiary/aromatic N) is 2. The van der Waals surface area contributed by atoms with Crippen molar-refractivity contribution in [3.8, 4) is 0 Å². The van der Waals surface area contributed by atoms with Gasteiger partial charge in [-0.05, 0) is 31.0 Å². The summed E-state index contributed by atoms with van der Waals surface area (Å²) in [6.07, 6.45) is 1.42. The van der Waals surface area contributed by atoms with Crippen LogP contribution in [0.4, 0.5) is 11.5 Å². The maximum atomic E-state index is 10.6. The van der Waals surface area contributed by atoms with Crippen LogP contribution < -0.4 is 5.32 Å². The van der Waals surface area contributed by atoms with Gasteiger partial charge in [0.2, 0.25) is 0 Å². The quantitative estimate of drug-likeness (QED) is 0.625. The van der Waals surface area contributed by atoms with E-state index in [0.29, 0.717) is 19.0 Å². The van der Waals surface area contributed by atoms with E-state index in [1.54, 1.807) is 6.07 Å². The average molecular weight is 301 g/mol. The largest absolute Gasteiger partial charge is 0.374 e. The number of hydrogen-bond acceptors (Lipinski definition) is 5. The van der Waals surface area contributed by atoms with E-state index in [1.807, 2.05) is 38.1 Å². The Balaban J connectivity index is 2.00.